The Labute approximate surface area is 965 Å². The van der Waals surface area contributed by atoms with Crippen molar-refractivity contribution in [2.45, 2.75) is 112 Å². The van der Waals surface area contributed by atoms with Gasteiger partial charge in [-0.05, 0) is 164 Å². The molecule has 0 radical (unpaired) electrons. The minimum absolute atomic E-state index is 0. The molecule has 0 aliphatic rings. The second-order valence-corrected chi connectivity index (χ2v) is 44.9. The SMILES string of the molecule is C.C.C.CB(O)O.CC.CC.CC.CC.CC.CC=CC.S.S=S.S=S.S=S=S.[Cl][Pd][Cl].[Pd].c1ccc(P(c2ccccc2)c2ccccc2)cc1.c1ccc(P(c2ccccc2)c2ccccc2)cc1.c1ccc(P(c2ccccc2)c2ccccc2)cc1.c1ccc(P(c2ccccc2)c2ccccc2)cc1.c1ccc(P(c2ccccc2)c2ccccc2)cc1.c1ccc(P(c2ccccc2)c2ccccc2)cc1. The molecule has 778 valence electrons. The summed E-state index contributed by atoms with van der Waals surface area (Å²) in [4.78, 5) is 0. The molecular weight excluding hydrogens is 2280 g/mol. The predicted molar refractivity (Wildman–Crippen MR) is 698 cm³/mol. The van der Waals surface area contributed by atoms with Crippen LogP contribution in [0.3, 0.4) is 0 Å². The van der Waals surface area contributed by atoms with Crippen LogP contribution in [0.25, 0.3) is 0 Å². The molecule has 0 aromatic heterocycles. The van der Waals surface area contributed by atoms with E-state index < -0.39 is 54.6 Å². The molecule has 0 heterocycles. The van der Waals surface area contributed by atoms with E-state index in [2.05, 4.69) is 613 Å². The smallest absolute Gasteiger partial charge is 0 e. The van der Waals surface area contributed by atoms with Crippen LogP contribution in [0.2, 0.25) is 6.82 Å². The van der Waals surface area contributed by atoms with E-state index in [1.165, 1.54) is 102 Å². The molecule has 0 bridgehead atoms. The topological polar surface area (TPSA) is 40.5 Å². The molecule has 21 heteroatoms. The normalized spacial score (nSPS) is 9.14. The van der Waals surface area contributed by atoms with Gasteiger partial charge in [0.1, 0.15) is 0 Å². The van der Waals surface area contributed by atoms with Gasteiger partial charge in [0, 0.05) is 96.4 Å². The number of allylic oxidation sites excluding steroid dienone is 2. The number of halogens is 2. The Balaban J connectivity index is -0.000000788. The summed E-state index contributed by atoms with van der Waals surface area (Å²) < 4.78 is 0. The van der Waals surface area contributed by atoms with Gasteiger partial charge in [0.25, 0.3) is 0 Å². The summed E-state index contributed by atoms with van der Waals surface area (Å²) in [5.41, 5.74) is 0. The molecule has 2 nitrogen and oxygen atoms in total. The average molecular weight is 2430 g/mol. The maximum atomic E-state index is 7.61. The Morgan fingerprint density at radius 2 is 0.238 bits per heavy atom. The Morgan fingerprint density at radius 3 is 0.272 bits per heavy atom. The number of hydrogen-bond acceptors (Lipinski definition) is 8. The van der Waals surface area contributed by atoms with E-state index in [4.69, 9.17) is 29.1 Å². The molecule has 147 heavy (non-hydrogen) atoms. The van der Waals surface area contributed by atoms with Crippen LogP contribution in [-0.4, -0.2) is 17.2 Å². The van der Waals surface area contributed by atoms with E-state index in [1.54, 1.807) is 0 Å². The Hall–Kier alpha value is -7.94. The molecular formula is C126H147BCl2O2P6Pd2S8. The van der Waals surface area contributed by atoms with E-state index in [1.807, 2.05) is 95.2 Å². The van der Waals surface area contributed by atoms with E-state index in [0.717, 1.165) is 8.88 Å². The number of benzene rings is 18. The first kappa shape index (κ1) is 145. The fourth-order valence-electron chi connectivity index (χ4n) is 13.1. The van der Waals surface area contributed by atoms with Crippen LogP contribution in [0.5, 0.6) is 0 Å². The summed E-state index contributed by atoms with van der Waals surface area (Å²) in [5.74, 6) is 0. The molecule has 0 spiro atoms. The molecule has 0 unspecified atom stereocenters. The third kappa shape index (κ3) is 58.5. The van der Waals surface area contributed by atoms with E-state index in [9.17, 15) is 0 Å². The van der Waals surface area contributed by atoms with Gasteiger partial charge in [0.15, 0.2) is 0 Å². The Bertz CT molecular complexity index is 4470. The molecule has 0 saturated carbocycles. The zero-order chi connectivity index (χ0) is 104. The molecule has 18 aromatic carbocycles. The zero-order valence-electron chi connectivity index (χ0n) is 84.0. The minimum Gasteiger partial charge on any atom is -0.0622 e. The molecule has 0 aliphatic heterocycles. The minimum atomic E-state index is -1.17. The van der Waals surface area contributed by atoms with Gasteiger partial charge >= 0.3 is 42.1 Å². The number of hydrogen-bond donors (Lipinski definition) is 2. The maximum absolute atomic E-state index is 7.61. The van der Waals surface area contributed by atoms with Crippen molar-refractivity contribution in [1.29, 1.82) is 0 Å². The van der Waals surface area contributed by atoms with Crippen LogP contribution in [0, 0.1) is 0 Å². The van der Waals surface area contributed by atoms with Crippen LogP contribution in [0.15, 0.2) is 558 Å². The van der Waals surface area contributed by atoms with E-state index >= 15 is 0 Å². The molecule has 0 fully saturated rings. The summed E-state index contributed by atoms with van der Waals surface area (Å²) in [6, 6.07) is 194. The Kier molecular flexibility index (Phi) is 98.8. The van der Waals surface area contributed by atoms with Gasteiger partial charge in [-0.15, -0.1) is 0 Å². The van der Waals surface area contributed by atoms with Gasteiger partial charge in [-0.25, -0.2) is 0 Å². The van der Waals surface area contributed by atoms with Crippen molar-refractivity contribution in [3.05, 3.63) is 558 Å². The average Bonchev–Trinajstić information content (AvgIpc) is 0.847. The van der Waals surface area contributed by atoms with Crippen LogP contribution in [0.4, 0.5) is 0 Å². The van der Waals surface area contributed by atoms with Gasteiger partial charge in [0.2, 0.25) is 0 Å². The standard InChI is InChI=1S/6C18H15P.C4H8.5C2H6.CH5BO2.3CH4.2ClH.2Pd.S3.2S2.H2S/c6*1-4-10-16(11-5-1)19(17-12-6-2-7-13-17)18-14-8-3-9-15-18;1-3-4-2;5*1-2;1-2(3)4;;;;;;;;1-3-2;2*1-2;/h6*1-15H;3-4H,1-2H3;5*1-2H3;3-4H,1H3;3*1H4;2*1H;;;;;;1H2/q;;;;;;;;;;;;;;;;;;;+2;;;;/p-2. The quantitative estimate of drug-likeness (QED) is 0.0500. The van der Waals surface area contributed by atoms with Crippen LogP contribution in [-0.2, 0) is 112 Å². The number of rotatable bonds is 18. The fourth-order valence-corrected chi connectivity index (χ4v) is 26.9. The van der Waals surface area contributed by atoms with Gasteiger partial charge in [-0.1, -0.05) is 650 Å². The molecule has 0 saturated heterocycles. The second kappa shape index (κ2) is 100.0. The largest absolute Gasteiger partial charge is 0.0622 e. The van der Waals surface area contributed by atoms with Crippen LogP contribution < -0.4 is 95.5 Å². The van der Waals surface area contributed by atoms with Crippen molar-refractivity contribution >= 4 is 259 Å². The summed E-state index contributed by atoms with van der Waals surface area (Å²) in [6.45, 7) is 25.3. The summed E-state index contributed by atoms with van der Waals surface area (Å²) in [5, 5.41) is 40.4. The molecule has 18 rings (SSSR count). The summed E-state index contributed by atoms with van der Waals surface area (Å²) in [6.07, 6.45) is 4.00. The first-order chi connectivity index (χ1) is 70.2. The first-order valence-corrected chi connectivity index (χ1v) is 64.3. The van der Waals surface area contributed by atoms with Gasteiger partial charge in [-0.3, -0.25) is 0 Å². The van der Waals surface area contributed by atoms with Crippen molar-refractivity contribution in [3.63, 3.8) is 0 Å². The molecule has 18 aromatic rings. The third-order valence-electron chi connectivity index (χ3n) is 18.6. The van der Waals surface area contributed by atoms with Crippen molar-refractivity contribution in [1.82, 2.24) is 0 Å². The van der Waals surface area contributed by atoms with E-state index in [0.29, 0.717) is 0 Å². The third-order valence-corrected chi connectivity index (χ3v) is 33.3. The molecule has 2 N–H and O–H groups in total. The van der Waals surface area contributed by atoms with Crippen molar-refractivity contribution in [3.8, 4) is 0 Å². The summed E-state index contributed by atoms with van der Waals surface area (Å²) in [7, 11) is 6.70. The monoisotopic (exact) mass is 2430 g/mol. The molecule has 0 amide bonds. The van der Waals surface area contributed by atoms with Crippen molar-refractivity contribution in [2.24, 2.45) is 0 Å². The van der Waals surface area contributed by atoms with Gasteiger partial charge in [0.05, 0.1) is 0 Å². The molecule has 0 aliphatic carbocycles. The maximum Gasteiger partial charge on any atom is 0 e. The van der Waals surface area contributed by atoms with E-state index in [-0.39, 0.29) is 72.1 Å². The predicted octanol–water partition coefficient (Wildman–Crippen LogP) is 29.8. The van der Waals surface area contributed by atoms with Gasteiger partial charge < -0.3 is 10.0 Å². The fraction of sp³-hybridized carbons (Fsp3) is 0.127. The first-order valence-electron chi connectivity index (χ1n) is 46.9. The second-order valence-electron chi connectivity index (χ2n) is 27.5. The summed E-state index contributed by atoms with van der Waals surface area (Å²) >= 11 is 22.8. The molecule has 0 atom stereocenters. The van der Waals surface area contributed by atoms with Gasteiger partial charge in [-0.2, -0.15) is 13.5 Å². The Morgan fingerprint density at radius 1 is 0.197 bits per heavy atom. The van der Waals surface area contributed by atoms with Crippen molar-refractivity contribution < 1.29 is 46.4 Å². The van der Waals surface area contributed by atoms with Crippen LogP contribution in [0.1, 0.15) is 105 Å². The van der Waals surface area contributed by atoms with Crippen LogP contribution >= 0.6 is 80.1 Å². The van der Waals surface area contributed by atoms with Crippen molar-refractivity contribution in [2.75, 3.05) is 0 Å². The zero-order valence-corrected chi connectivity index (χ0v) is 101.